The van der Waals surface area contributed by atoms with Gasteiger partial charge in [0.25, 0.3) is 0 Å². The molecule has 0 radical (unpaired) electrons. The zero-order valence-electron chi connectivity index (χ0n) is 7.67. The summed E-state index contributed by atoms with van der Waals surface area (Å²) in [6.07, 6.45) is 0. The Balaban J connectivity index is 2.49. The highest BCUT2D eigenvalue weighted by atomic mass is 79.9. The Morgan fingerprint density at radius 1 is 1.57 bits per heavy atom. The zero-order valence-corrected chi connectivity index (χ0v) is 9.26. The summed E-state index contributed by atoms with van der Waals surface area (Å²) in [5.74, 6) is 6.52. The van der Waals surface area contributed by atoms with Crippen LogP contribution < -0.4 is 15.4 Å². The molecule has 1 aliphatic heterocycles. The Labute approximate surface area is 90.0 Å². The average molecular weight is 260 g/mol. The topological polar surface area (TPSA) is 53.7 Å². The van der Waals surface area contributed by atoms with E-state index in [1.54, 1.807) is 0 Å². The lowest BCUT2D eigenvalue weighted by Crippen LogP contribution is -2.01. The third-order valence-corrected chi connectivity index (χ3v) is 3.15. The number of halogens is 1. The second-order valence-corrected chi connectivity index (χ2v) is 3.81. The van der Waals surface area contributed by atoms with E-state index in [0.29, 0.717) is 6.61 Å². The first-order valence-electron chi connectivity index (χ1n) is 4.13. The van der Waals surface area contributed by atoms with E-state index in [2.05, 4.69) is 20.8 Å². The van der Waals surface area contributed by atoms with E-state index in [1.807, 2.05) is 13.0 Å². The van der Waals surface area contributed by atoms with Gasteiger partial charge < -0.3 is 9.47 Å². The smallest absolute Gasteiger partial charge is 0.231 e. The van der Waals surface area contributed by atoms with Crippen molar-refractivity contribution in [3.05, 3.63) is 21.7 Å². The quantitative estimate of drug-likeness (QED) is 0.825. The molecule has 4 nitrogen and oxygen atoms in total. The summed E-state index contributed by atoms with van der Waals surface area (Å²) in [5, 5.41) is 0. The highest BCUT2D eigenvalue weighted by Crippen LogP contribution is 2.42. The largest absolute Gasteiger partial charge is 0.454 e. The molecule has 0 aliphatic carbocycles. The molecule has 14 heavy (non-hydrogen) atoms. The van der Waals surface area contributed by atoms with Gasteiger partial charge in [0.1, 0.15) is 0 Å². The molecule has 76 valence electrons. The highest BCUT2D eigenvalue weighted by Gasteiger charge is 2.20. The minimum absolute atomic E-state index is 0.264. The molecule has 0 atom stereocenters. The van der Waals surface area contributed by atoms with Crippen molar-refractivity contribution in [2.24, 2.45) is 5.90 Å². The van der Waals surface area contributed by atoms with Crippen molar-refractivity contribution in [2.75, 3.05) is 6.79 Å². The number of hydrogen-bond donors (Lipinski definition) is 1. The van der Waals surface area contributed by atoms with E-state index in [4.69, 9.17) is 15.4 Å². The highest BCUT2D eigenvalue weighted by molar-refractivity contribution is 9.10. The summed E-state index contributed by atoms with van der Waals surface area (Å²) in [6, 6.07) is 1.88. The van der Waals surface area contributed by atoms with Gasteiger partial charge in [0.15, 0.2) is 11.5 Å². The van der Waals surface area contributed by atoms with Crippen LogP contribution >= 0.6 is 15.9 Å². The zero-order chi connectivity index (χ0) is 10.1. The van der Waals surface area contributed by atoms with E-state index in [1.165, 1.54) is 0 Å². The standard InChI is InChI=1S/C9H10BrNO3/c1-5-6(3-14-11)2-7-9(8(5)10)13-4-12-7/h2H,3-4,11H2,1H3. The fourth-order valence-corrected chi connectivity index (χ4v) is 1.95. The maximum Gasteiger partial charge on any atom is 0.231 e. The maximum absolute atomic E-state index is 5.30. The molecule has 0 spiro atoms. The lowest BCUT2D eigenvalue weighted by Gasteiger charge is -2.08. The Morgan fingerprint density at radius 2 is 2.36 bits per heavy atom. The minimum atomic E-state index is 0.264. The number of benzene rings is 1. The Morgan fingerprint density at radius 3 is 3.07 bits per heavy atom. The molecule has 0 unspecified atom stereocenters. The molecule has 1 heterocycles. The number of nitrogens with two attached hydrogens (primary N) is 1. The monoisotopic (exact) mass is 259 g/mol. The molecule has 2 N–H and O–H groups in total. The van der Waals surface area contributed by atoms with Crippen molar-refractivity contribution in [3.8, 4) is 11.5 Å². The van der Waals surface area contributed by atoms with Crippen molar-refractivity contribution >= 4 is 15.9 Å². The van der Waals surface area contributed by atoms with Crippen LogP contribution in [-0.4, -0.2) is 6.79 Å². The molecule has 1 aromatic carbocycles. The molecule has 0 saturated carbocycles. The fourth-order valence-electron chi connectivity index (χ4n) is 1.38. The molecule has 0 bridgehead atoms. The molecule has 0 amide bonds. The fraction of sp³-hybridized carbons (Fsp3) is 0.333. The second kappa shape index (κ2) is 3.76. The molecular formula is C9H10BrNO3. The Hall–Kier alpha value is -0.780. The van der Waals surface area contributed by atoms with Crippen molar-refractivity contribution in [1.29, 1.82) is 0 Å². The summed E-state index contributed by atoms with van der Waals surface area (Å²) >= 11 is 3.45. The van der Waals surface area contributed by atoms with Crippen LogP contribution in [0, 0.1) is 6.92 Å². The van der Waals surface area contributed by atoms with Crippen LogP contribution in [-0.2, 0) is 11.4 Å². The average Bonchev–Trinajstić information content (AvgIpc) is 2.62. The lowest BCUT2D eigenvalue weighted by atomic mass is 10.1. The van der Waals surface area contributed by atoms with Gasteiger partial charge in [0.05, 0.1) is 11.1 Å². The predicted octanol–water partition coefficient (Wildman–Crippen LogP) is 1.88. The van der Waals surface area contributed by atoms with E-state index in [-0.39, 0.29) is 6.79 Å². The Bertz CT molecular complexity index is 368. The third-order valence-electron chi connectivity index (χ3n) is 2.20. The van der Waals surface area contributed by atoms with Gasteiger partial charge in [0, 0.05) is 0 Å². The Kier molecular flexibility index (Phi) is 2.62. The molecular weight excluding hydrogens is 250 g/mol. The number of fused-ring (bicyclic) bond motifs is 1. The summed E-state index contributed by atoms with van der Waals surface area (Å²) < 4.78 is 11.5. The number of hydrogen-bond acceptors (Lipinski definition) is 4. The third kappa shape index (κ3) is 1.47. The maximum atomic E-state index is 5.30. The van der Waals surface area contributed by atoms with Crippen LogP contribution in [0.4, 0.5) is 0 Å². The van der Waals surface area contributed by atoms with E-state index in [9.17, 15) is 0 Å². The summed E-state index contributed by atoms with van der Waals surface area (Å²) in [7, 11) is 0. The molecule has 1 aliphatic rings. The van der Waals surface area contributed by atoms with Crippen molar-refractivity contribution in [3.63, 3.8) is 0 Å². The van der Waals surface area contributed by atoms with Crippen LogP contribution in [0.1, 0.15) is 11.1 Å². The van der Waals surface area contributed by atoms with Gasteiger partial charge >= 0.3 is 0 Å². The predicted molar refractivity (Wildman–Crippen MR) is 54.0 cm³/mol. The van der Waals surface area contributed by atoms with Crippen LogP contribution in [0.15, 0.2) is 10.5 Å². The van der Waals surface area contributed by atoms with Gasteiger partial charge in [-0.15, -0.1) is 0 Å². The minimum Gasteiger partial charge on any atom is -0.454 e. The normalized spacial score (nSPS) is 13.4. The molecule has 0 aromatic heterocycles. The SMILES string of the molecule is Cc1c(CON)cc2c(c1Br)OCO2. The van der Waals surface area contributed by atoms with Crippen LogP contribution in [0.3, 0.4) is 0 Å². The molecule has 0 saturated heterocycles. The molecule has 2 rings (SSSR count). The van der Waals surface area contributed by atoms with Gasteiger partial charge in [-0.1, -0.05) is 0 Å². The van der Waals surface area contributed by atoms with E-state index < -0.39 is 0 Å². The second-order valence-electron chi connectivity index (χ2n) is 3.02. The number of rotatable bonds is 2. The number of ether oxygens (including phenoxy) is 2. The van der Waals surface area contributed by atoms with Crippen molar-refractivity contribution in [2.45, 2.75) is 13.5 Å². The van der Waals surface area contributed by atoms with Gasteiger partial charge in [-0.05, 0) is 40.0 Å². The van der Waals surface area contributed by atoms with Gasteiger partial charge in [0.2, 0.25) is 6.79 Å². The first kappa shape index (κ1) is 9.76. The first-order valence-corrected chi connectivity index (χ1v) is 4.92. The van der Waals surface area contributed by atoms with Crippen LogP contribution in [0.25, 0.3) is 0 Å². The summed E-state index contributed by atoms with van der Waals surface area (Å²) in [6.45, 7) is 2.60. The summed E-state index contributed by atoms with van der Waals surface area (Å²) in [5.41, 5.74) is 2.04. The summed E-state index contributed by atoms with van der Waals surface area (Å²) in [4.78, 5) is 4.61. The van der Waals surface area contributed by atoms with Crippen LogP contribution in [0.2, 0.25) is 0 Å². The lowest BCUT2D eigenvalue weighted by molar-refractivity contribution is 0.123. The van der Waals surface area contributed by atoms with Gasteiger partial charge in [-0.25, -0.2) is 5.90 Å². The van der Waals surface area contributed by atoms with Gasteiger partial charge in [-0.2, -0.15) is 0 Å². The molecule has 1 aromatic rings. The van der Waals surface area contributed by atoms with E-state index >= 15 is 0 Å². The van der Waals surface area contributed by atoms with Crippen molar-refractivity contribution in [1.82, 2.24) is 0 Å². The molecule has 0 fully saturated rings. The van der Waals surface area contributed by atoms with Crippen LogP contribution in [0.5, 0.6) is 11.5 Å². The van der Waals surface area contributed by atoms with Crippen molar-refractivity contribution < 1.29 is 14.3 Å². The van der Waals surface area contributed by atoms with Gasteiger partial charge in [-0.3, -0.25) is 4.84 Å². The van der Waals surface area contributed by atoms with E-state index in [0.717, 1.165) is 27.1 Å². The first-order chi connectivity index (χ1) is 6.74. The molecule has 5 heteroatoms.